The number of hydrogen-bond acceptors (Lipinski definition) is 6. The number of anilines is 2. The van der Waals surface area contributed by atoms with Gasteiger partial charge in [-0.3, -0.25) is 4.79 Å². The van der Waals surface area contributed by atoms with Gasteiger partial charge in [-0.05, 0) is 54.7 Å². The van der Waals surface area contributed by atoms with E-state index in [1.807, 2.05) is 36.2 Å². The average Bonchev–Trinajstić information content (AvgIpc) is 2.95. The molecule has 2 aromatic rings. The zero-order valence-corrected chi connectivity index (χ0v) is 21.2. The number of fused-ring (bicyclic) bond motifs is 2. The molecular formula is C26H31N5O3S. The van der Waals surface area contributed by atoms with E-state index in [-0.39, 0.29) is 5.91 Å². The maximum atomic E-state index is 13.0. The summed E-state index contributed by atoms with van der Waals surface area (Å²) in [6.07, 6.45) is 2.12. The molecule has 1 N–H and O–H groups in total. The number of amides is 1. The predicted octanol–water partition coefficient (Wildman–Crippen LogP) is 3.60. The topological polar surface area (TPSA) is 85.3 Å². The first kappa shape index (κ1) is 23.6. The third-order valence-corrected chi connectivity index (χ3v) is 9.01. The number of hydrogen-bond donors (Lipinski definition) is 1. The Morgan fingerprint density at radius 2 is 1.69 bits per heavy atom. The molecule has 0 unspecified atom stereocenters. The minimum absolute atomic E-state index is 0.0439. The van der Waals surface area contributed by atoms with E-state index in [9.17, 15) is 13.2 Å². The second-order valence-electron chi connectivity index (χ2n) is 9.63. The number of para-hydroxylation sites is 1. The van der Waals surface area contributed by atoms with Gasteiger partial charge in [0.15, 0.2) is 0 Å². The van der Waals surface area contributed by atoms with Crippen LogP contribution >= 0.6 is 0 Å². The van der Waals surface area contributed by atoms with Crippen LogP contribution in [-0.4, -0.2) is 63.2 Å². The lowest BCUT2D eigenvalue weighted by molar-refractivity contribution is -0.117. The van der Waals surface area contributed by atoms with E-state index in [0.717, 1.165) is 41.1 Å². The van der Waals surface area contributed by atoms with Crippen molar-refractivity contribution in [2.75, 3.05) is 43.9 Å². The number of aliphatic imine (C=N–C) groups is 1. The maximum absolute atomic E-state index is 13.0. The van der Waals surface area contributed by atoms with Crippen LogP contribution in [0.1, 0.15) is 31.7 Å². The first-order valence-corrected chi connectivity index (χ1v) is 13.4. The number of nitrogens with zero attached hydrogens (tertiary/aromatic N) is 4. The van der Waals surface area contributed by atoms with Gasteiger partial charge in [0.2, 0.25) is 21.9 Å². The van der Waals surface area contributed by atoms with Gasteiger partial charge in [0.1, 0.15) is 0 Å². The lowest BCUT2D eigenvalue weighted by atomic mass is 10.0. The molecule has 184 valence electrons. The standard InChI is InChI=1S/C26H31N5O3S/c1-18-12-14-31(15-13-18)35(33,34)21-10-8-20(9-11-21)27-26-28-25-19(17-29(26)2)16-24(32)30(3)23-7-5-4-6-22(23)25/h4-11,18H,12-17H2,1-3H3,(H,27,28). The molecule has 8 nitrogen and oxygen atoms in total. The summed E-state index contributed by atoms with van der Waals surface area (Å²) < 4.78 is 27.7. The van der Waals surface area contributed by atoms with Crippen molar-refractivity contribution in [1.29, 1.82) is 0 Å². The fraction of sp³-hybridized carbons (Fsp3) is 0.385. The molecule has 35 heavy (non-hydrogen) atoms. The molecule has 0 radical (unpaired) electrons. The normalized spacial score (nSPS) is 19.7. The van der Waals surface area contributed by atoms with E-state index in [1.54, 1.807) is 40.5 Å². The lowest BCUT2D eigenvalue weighted by Crippen LogP contribution is -2.38. The number of likely N-dealkylation sites (N-methyl/N-ethyl adjacent to an activating group) is 1. The van der Waals surface area contributed by atoms with Crippen molar-refractivity contribution in [3.63, 3.8) is 0 Å². The summed E-state index contributed by atoms with van der Waals surface area (Å²) in [5, 5.41) is 3.34. The molecular weight excluding hydrogens is 462 g/mol. The smallest absolute Gasteiger partial charge is 0.243 e. The molecule has 3 aliphatic rings. The van der Waals surface area contributed by atoms with Gasteiger partial charge in [0.25, 0.3) is 0 Å². The highest BCUT2D eigenvalue weighted by Crippen LogP contribution is 2.36. The fourth-order valence-corrected chi connectivity index (χ4v) is 6.31. The minimum Gasteiger partial charge on any atom is -0.341 e. The van der Waals surface area contributed by atoms with Crippen molar-refractivity contribution in [1.82, 2.24) is 9.21 Å². The largest absolute Gasteiger partial charge is 0.341 e. The number of nitrogens with one attached hydrogen (secondary N) is 1. The second-order valence-corrected chi connectivity index (χ2v) is 11.6. The molecule has 3 aliphatic heterocycles. The highest BCUT2D eigenvalue weighted by molar-refractivity contribution is 7.89. The Balaban J connectivity index is 1.40. The predicted molar refractivity (Wildman–Crippen MR) is 139 cm³/mol. The van der Waals surface area contributed by atoms with Crippen LogP contribution in [0.3, 0.4) is 0 Å². The molecule has 0 bridgehead atoms. The van der Waals surface area contributed by atoms with Crippen LogP contribution in [-0.2, 0) is 14.8 Å². The van der Waals surface area contributed by atoms with Gasteiger partial charge in [-0.1, -0.05) is 25.1 Å². The first-order chi connectivity index (χ1) is 16.7. The number of guanidine groups is 1. The highest BCUT2D eigenvalue weighted by atomic mass is 32.2. The van der Waals surface area contributed by atoms with Gasteiger partial charge in [-0.25, -0.2) is 13.4 Å². The lowest BCUT2D eigenvalue weighted by Gasteiger charge is -2.30. The van der Waals surface area contributed by atoms with Crippen molar-refractivity contribution >= 4 is 39.0 Å². The van der Waals surface area contributed by atoms with E-state index in [2.05, 4.69) is 12.2 Å². The summed E-state index contributed by atoms with van der Waals surface area (Å²) in [6, 6.07) is 14.7. The van der Waals surface area contributed by atoms with Crippen LogP contribution < -0.4 is 10.2 Å². The zero-order chi connectivity index (χ0) is 24.7. The maximum Gasteiger partial charge on any atom is 0.243 e. The number of carbonyl (C=O) groups is 1. The summed E-state index contributed by atoms with van der Waals surface area (Å²) in [7, 11) is 0.236. The molecule has 1 amide bonds. The Hall–Kier alpha value is -3.17. The fourth-order valence-electron chi connectivity index (χ4n) is 4.84. The van der Waals surface area contributed by atoms with Gasteiger partial charge in [0, 0.05) is 45.0 Å². The Bertz CT molecular complexity index is 1310. The van der Waals surface area contributed by atoms with Crippen LogP contribution in [0.5, 0.6) is 0 Å². The molecule has 0 atom stereocenters. The van der Waals surface area contributed by atoms with Crippen LogP contribution in [0, 0.1) is 5.92 Å². The van der Waals surface area contributed by atoms with Crippen LogP contribution in [0.15, 0.2) is 64.0 Å². The molecule has 0 aromatic heterocycles. The average molecular weight is 494 g/mol. The first-order valence-electron chi connectivity index (χ1n) is 12.0. The third kappa shape index (κ3) is 4.46. The van der Waals surface area contributed by atoms with Crippen LogP contribution in [0.2, 0.25) is 0 Å². The van der Waals surface area contributed by atoms with Crippen molar-refractivity contribution in [3.05, 3.63) is 59.7 Å². The summed E-state index contributed by atoms with van der Waals surface area (Å²) in [4.78, 5) is 21.6. The monoisotopic (exact) mass is 493 g/mol. The van der Waals surface area contributed by atoms with Crippen molar-refractivity contribution in [3.8, 4) is 0 Å². The Kier molecular flexibility index (Phi) is 6.14. The van der Waals surface area contributed by atoms with Crippen LogP contribution in [0.25, 0.3) is 5.70 Å². The number of carbonyl (C=O) groups excluding carboxylic acids is 1. The Labute approximate surface area is 207 Å². The number of rotatable bonds is 3. The zero-order valence-electron chi connectivity index (χ0n) is 20.4. The Morgan fingerprint density at radius 1 is 1.00 bits per heavy atom. The molecule has 5 rings (SSSR count). The van der Waals surface area contributed by atoms with Crippen molar-refractivity contribution in [2.24, 2.45) is 10.9 Å². The molecule has 3 heterocycles. The summed E-state index contributed by atoms with van der Waals surface area (Å²) >= 11 is 0. The summed E-state index contributed by atoms with van der Waals surface area (Å²) in [5.74, 6) is 1.26. The molecule has 2 aromatic carbocycles. The van der Waals surface area contributed by atoms with Crippen LogP contribution in [0.4, 0.5) is 11.4 Å². The Morgan fingerprint density at radius 3 is 2.40 bits per heavy atom. The molecule has 0 spiro atoms. The molecule has 1 saturated heterocycles. The highest BCUT2D eigenvalue weighted by Gasteiger charge is 2.30. The van der Waals surface area contributed by atoms with E-state index in [4.69, 9.17) is 4.99 Å². The third-order valence-electron chi connectivity index (χ3n) is 7.09. The van der Waals surface area contributed by atoms with E-state index < -0.39 is 10.0 Å². The quantitative estimate of drug-likeness (QED) is 0.706. The van der Waals surface area contributed by atoms with Crippen molar-refractivity contribution < 1.29 is 13.2 Å². The summed E-state index contributed by atoms with van der Waals surface area (Å²) in [6.45, 7) is 3.89. The van der Waals surface area contributed by atoms with Gasteiger partial charge >= 0.3 is 0 Å². The SMILES string of the molecule is CC1CCN(S(=O)(=O)c2ccc(NC3=NC4=C(CC(=O)N(C)c5ccccc54)CN3C)cc2)CC1. The molecule has 0 saturated carbocycles. The number of piperidine rings is 1. The van der Waals surface area contributed by atoms with Gasteiger partial charge < -0.3 is 15.1 Å². The van der Waals surface area contributed by atoms with E-state index in [1.165, 1.54) is 0 Å². The van der Waals surface area contributed by atoms with Gasteiger partial charge in [-0.15, -0.1) is 0 Å². The number of sulfonamides is 1. The minimum atomic E-state index is -3.49. The molecule has 0 aliphatic carbocycles. The van der Waals surface area contributed by atoms with Gasteiger partial charge in [0.05, 0.1) is 22.7 Å². The van der Waals surface area contributed by atoms with E-state index >= 15 is 0 Å². The molecule has 1 fully saturated rings. The molecule has 9 heteroatoms. The van der Waals surface area contributed by atoms with Crippen molar-refractivity contribution in [2.45, 2.75) is 31.1 Å². The number of benzene rings is 2. The second kappa shape index (κ2) is 9.13. The summed E-state index contributed by atoms with van der Waals surface area (Å²) in [5.41, 5.74) is 4.33. The van der Waals surface area contributed by atoms with Gasteiger partial charge in [-0.2, -0.15) is 4.31 Å². The van der Waals surface area contributed by atoms with E-state index in [0.29, 0.717) is 42.8 Å².